The molecule has 1 amide bonds. The largest absolute Gasteiger partial charge is 0.497 e. The lowest BCUT2D eigenvalue weighted by Gasteiger charge is -2.43. The fourth-order valence-electron chi connectivity index (χ4n) is 4.91. The van der Waals surface area contributed by atoms with E-state index in [9.17, 15) is 9.59 Å². The van der Waals surface area contributed by atoms with Gasteiger partial charge in [0.1, 0.15) is 11.5 Å². The van der Waals surface area contributed by atoms with E-state index >= 15 is 0 Å². The van der Waals surface area contributed by atoms with Crippen molar-refractivity contribution in [3.63, 3.8) is 0 Å². The first-order valence-electron chi connectivity index (χ1n) is 10.7. The molecule has 32 heavy (non-hydrogen) atoms. The second-order valence-electron chi connectivity index (χ2n) is 9.28. The summed E-state index contributed by atoms with van der Waals surface area (Å²) in [6.45, 7) is 6.04. The first kappa shape index (κ1) is 22.4. The summed E-state index contributed by atoms with van der Waals surface area (Å²) in [7, 11) is 3.18. The number of anilines is 1. The zero-order valence-corrected chi connectivity index (χ0v) is 19.9. The van der Waals surface area contributed by atoms with Gasteiger partial charge >= 0.3 is 0 Å². The Morgan fingerprint density at radius 1 is 1.06 bits per heavy atom. The molecule has 6 heteroatoms. The Balaban J connectivity index is 1.94. The topological polar surface area (TPSA) is 55.8 Å². The second kappa shape index (κ2) is 8.28. The summed E-state index contributed by atoms with van der Waals surface area (Å²) in [5.74, 6) is 0.935. The Morgan fingerprint density at radius 3 is 2.50 bits per heavy atom. The van der Waals surface area contributed by atoms with Crippen molar-refractivity contribution in [1.82, 2.24) is 0 Å². The van der Waals surface area contributed by atoms with Gasteiger partial charge in [0.25, 0.3) is 0 Å². The number of Topliss-reactive ketones (excluding diaryl/α,β-unsaturated/α-hetero) is 1. The molecule has 0 radical (unpaired) electrons. The Hall–Kier alpha value is -2.79. The van der Waals surface area contributed by atoms with Gasteiger partial charge in [-0.15, -0.1) is 0 Å². The molecular weight excluding hydrogens is 426 g/mol. The zero-order chi connectivity index (χ0) is 23.2. The normalized spacial score (nSPS) is 20.3. The number of halogens is 1. The minimum atomic E-state index is -0.363. The maximum atomic E-state index is 13.6. The number of amides is 1. The lowest BCUT2D eigenvalue weighted by molar-refractivity contribution is -0.121. The summed E-state index contributed by atoms with van der Waals surface area (Å²) < 4.78 is 11.0. The zero-order valence-electron chi connectivity index (χ0n) is 19.1. The molecule has 4 rings (SSSR count). The maximum absolute atomic E-state index is 13.6. The van der Waals surface area contributed by atoms with Gasteiger partial charge in [0.15, 0.2) is 5.78 Å². The van der Waals surface area contributed by atoms with Gasteiger partial charge in [-0.05, 0) is 42.5 Å². The Bertz CT molecular complexity index is 1130. The van der Waals surface area contributed by atoms with Crippen LogP contribution in [0.15, 0.2) is 47.7 Å². The number of nitrogens with zero attached hydrogens (tertiary/aromatic N) is 1. The summed E-state index contributed by atoms with van der Waals surface area (Å²) >= 11 is 6.38. The van der Waals surface area contributed by atoms with Gasteiger partial charge in [0.2, 0.25) is 5.91 Å². The quantitative estimate of drug-likeness (QED) is 0.584. The minimum Gasteiger partial charge on any atom is -0.497 e. The molecule has 0 saturated carbocycles. The van der Waals surface area contributed by atoms with Crippen LogP contribution < -0.4 is 14.4 Å². The molecule has 2 aliphatic rings. The van der Waals surface area contributed by atoms with E-state index in [4.69, 9.17) is 21.1 Å². The summed E-state index contributed by atoms with van der Waals surface area (Å²) in [4.78, 5) is 28.8. The fraction of sp³-hybridized carbons (Fsp3) is 0.385. The van der Waals surface area contributed by atoms with E-state index in [1.807, 2.05) is 37.3 Å². The molecule has 5 nitrogen and oxygen atoms in total. The molecule has 0 bridgehead atoms. The molecule has 1 aliphatic heterocycles. The van der Waals surface area contributed by atoms with E-state index < -0.39 is 0 Å². The monoisotopic (exact) mass is 453 g/mol. The maximum Gasteiger partial charge on any atom is 0.232 e. The van der Waals surface area contributed by atoms with Crippen LogP contribution in [0.5, 0.6) is 11.5 Å². The molecule has 1 unspecified atom stereocenters. The predicted octanol–water partition coefficient (Wildman–Crippen LogP) is 5.83. The molecule has 0 N–H and O–H groups in total. The molecule has 0 fully saturated rings. The molecule has 2 aromatic carbocycles. The number of ether oxygens (including phenoxy) is 2. The van der Waals surface area contributed by atoms with Crippen LogP contribution >= 0.6 is 11.6 Å². The first-order chi connectivity index (χ1) is 15.2. The smallest absolute Gasteiger partial charge is 0.232 e. The van der Waals surface area contributed by atoms with Crippen molar-refractivity contribution in [2.24, 2.45) is 5.41 Å². The highest BCUT2D eigenvalue weighted by Gasteiger charge is 2.45. The number of allylic oxidation sites excluding steroid dienone is 2. The van der Waals surface area contributed by atoms with Gasteiger partial charge in [-0.3, -0.25) is 14.5 Å². The number of benzene rings is 2. The Morgan fingerprint density at radius 2 is 1.81 bits per heavy atom. The fourth-order valence-corrected chi connectivity index (χ4v) is 5.07. The van der Waals surface area contributed by atoms with Gasteiger partial charge < -0.3 is 9.47 Å². The number of hydrogen-bond acceptors (Lipinski definition) is 4. The van der Waals surface area contributed by atoms with Crippen molar-refractivity contribution in [1.29, 1.82) is 0 Å². The predicted molar refractivity (Wildman–Crippen MR) is 126 cm³/mol. The average Bonchev–Trinajstić information content (AvgIpc) is 2.74. The van der Waals surface area contributed by atoms with Crippen molar-refractivity contribution in [2.75, 3.05) is 19.1 Å². The number of ketones is 1. The molecule has 2 aromatic rings. The van der Waals surface area contributed by atoms with Crippen LogP contribution in [0.2, 0.25) is 5.02 Å². The van der Waals surface area contributed by atoms with E-state index in [-0.39, 0.29) is 29.4 Å². The number of carbonyl (C=O) groups excluding carboxylic acids is 2. The molecule has 168 valence electrons. The number of hydrogen-bond donors (Lipinski definition) is 0. The van der Waals surface area contributed by atoms with E-state index in [0.29, 0.717) is 34.9 Å². The molecular formula is C26H28ClNO4. The van der Waals surface area contributed by atoms with Crippen LogP contribution in [-0.4, -0.2) is 25.9 Å². The van der Waals surface area contributed by atoms with Gasteiger partial charge in [-0.1, -0.05) is 37.6 Å². The summed E-state index contributed by atoms with van der Waals surface area (Å²) in [6.07, 6.45) is 1.25. The van der Waals surface area contributed by atoms with Crippen molar-refractivity contribution < 1.29 is 19.1 Å². The van der Waals surface area contributed by atoms with E-state index in [1.165, 1.54) is 0 Å². The third-order valence-electron chi connectivity index (χ3n) is 6.44. The van der Waals surface area contributed by atoms with Gasteiger partial charge in [-0.25, -0.2) is 0 Å². The van der Waals surface area contributed by atoms with Crippen LogP contribution in [0.4, 0.5) is 5.69 Å². The first-order valence-corrected chi connectivity index (χ1v) is 11.1. The SMILES string of the molecule is COc1ccc(C2CC(=O)N(c3cccc(Cl)c3C)C3=C2C(=O)CC(C)(C)C3)c(OC)c1. The highest BCUT2D eigenvalue weighted by Crippen LogP contribution is 2.50. The van der Waals surface area contributed by atoms with Crippen molar-refractivity contribution in [3.8, 4) is 11.5 Å². The lowest BCUT2D eigenvalue weighted by atomic mass is 9.69. The van der Waals surface area contributed by atoms with Gasteiger partial charge in [0.05, 0.1) is 19.9 Å². The molecule has 1 heterocycles. The van der Waals surface area contributed by atoms with Crippen LogP contribution in [0.25, 0.3) is 0 Å². The Labute approximate surface area is 194 Å². The van der Waals surface area contributed by atoms with Crippen LogP contribution in [0, 0.1) is 12.3 Å². The van der Waals surface area contributed by atoms with Crippen molar-refractivity contribution in [3.05, 3.63) is 63.8 Å². The summed E-state index contributed by atoms with van der Waals surface area (Å²) in [5.41, 5.74) is 3.62. The molecule has 0 aromatic heterocycles. The van der Waals surface area contributed by atoms with E-state index in [2.05, 4.69) is 13.8 Å². The highest BCUT2D eigenvalue weighted by atomic mass is 35.5. The third kappa shape index (κ3) is 3.79. The molecule has 1 atom stereocenters. The second-order valence-corrected chi connectivity index (χ2v) is 9.69. The highest BCUT2D eigenvalue weighted by molar-refractivity contribution is 6.31. The van der Waals surface area contributed by atoms with Gasteiger partial charge in [-0.2, -0.15) is 0 Å². The molecule has 1 aliphatic carbocycles. The minimum absolute atomic E-state index is 0.0533. The van der Waals surface area contributed by atoms with Crippen LogP contribution in [0.3, 0.4) is 0 Å². The standard InChI is InChI=1S/C26H28ClNO4/c1-15-19(27)7-6-8-20(15)28-21-13-26(2,3)14-22(29)25(21)18(12-24(28)30)17-10-9-16(31-4)11-23(17)32-5/h6-11,18H,12-14H2,1-5H3. The van der Waals surface area contributed by atoms with Crippen LogP contribution in [-0.2, 0) is 9.59 Å². The van der Waals surface area contributed by atoms with Crippen LogP contribution in [0.1, 0.15) is 50.2 Å². The molecule has 0 spiro atoms. The third-order valence-corrected chi connectivity index (χ3v) is 6.85. The number of methoxy groups -OCH3 is 2. The summed E-state index contributed by atoms with van der Waals surface area (Å²) in [6, 6.07) is 11.1. The molecule has 0 saturated heterocycles. The van der Waals surface area contributed by atoms with Crippen molar-refractivity contribution in [2.45, 2.75) is 46.0 Å². The van der Waals surface area contributed by atoms with Gasteiger partial charge in [0, 0.05) is 46.7 Å². The van der Waals surface area contributed by atoms with E-state index in [0.717, 1.165) is 22.5 Å². The summed E-state index contributed by atoms with van der Waals surface area (Å²) in [5, 5.41) is 0.595. The number of carbonyl (C=O) groups is 2. The lowest BCUT2D eigenvalue weighted by Crippen LogP contribution is -2.44. The van der Waals surface area contributed by atoms with Crippen molar-refractivity contribution >= 4 is 29.0 Å². The number of rotatable bonds is 4. The average molecular weight is 454 g/mol. The Kier molecular flexibility index (Phi) is 5.80. The van der Waals surface area contributed by atoms with E-state index in [1.54, 1.807) is 25.2 Å².